The minimum absolute atomic E-state index is 0.00161. The van der Waals surface area contributed by atoms with Gasteiger partial charge in [-0.25, -0.2) is 22.5 Å². The molecule has 2 aromatic carbocycles. The summed E-state index contributed by atoms with van der Waals surface area (Å²) in [6.45, 7) is 0. The van der Waals surface area contributed by atoms with E-state index in [1.807, 2.05) is 6.07 Å². The van der Waals surface area contributed by atoms with Crippen molar-refractivity contribution in [2.24, 2.45) is 0 Å². The molecule has 2 amide bonds. The molecule has 4 atom stereocenters. The average molecular weight is 644 g/mol. The van der Waals surface area contributed by atoms with Crippen molar-refractivity contribution in [2.45, 2.75) is 75.0 Å². The zero-order valence-electron chi connectivity index (χ0n) is 23.9. The lowest BCUT2D eigenvalue weighted by Crippen LogP contribution is -2.49. The first-order chi connectivity index (χ1) is 21.5. The molecule has 0 bridgehead atoms. The van der Waals surface area contributed by atoms with Crippen LogP contribution in [0.2, 0.25) is 5.02 Å². The minimum atomic E-state index is -2.83. The fourth-order valence-corrected chi connectivity index (χ4v) is 6.18. The van der Waals surface area contributed by atoms with Crippen molar-refractivity contribution >= 4 is 34.9 Å². The fraction of sp³-hybridized carbons (Fsp3) is 0.375. The Kier molecular flexibility index (Phi) is 9.60. The monoisotopic (exact) mass is 643 g/mol. The molecule has 1 aliphatic heterocycles. The van der Waals surface area contributed by atoms with E-state index in [0.29, 0.717) is 0 Å². The third kappa shape index (κ3) is 7.21. The van der Waals surface area contributed by atoms with Gasteiger partial charge in [0.05, 0.1) is 11.6 Å². The van der Waals surface area contributed by atoms with E-state index in [9.17, 15) is 37.5 Å². The Balaban J connectivity index is 1.53. The van der Waals surface area contributed by atoms with Crippen LogP contribution < -0.4 is 15.1 Å². The summed E-state index contributed by atoms with van der Waals surface area (Å²) < 4.78 is 57.2. The number of nitrogens with zero attached hydrogens (tertiary/aromatic N) is 4. The van der Waals surface area contributed by atoms with Gasteiger partial charge < -0.3 is 15.3 Å². The van der Waals surface area contributed by atoms with E-state index in [2.05, 4.69) is 10.3 Å². The van der Waals surface area contributed by atoms with Crippen LogP contribution in [0.15, 0.2) is 66.9 Å². The third-order valence-electron chi connectivity index (χ3n) is 8.17. The SMILES string of the molecule is N#Cc1ccnc(N2C(CC(=O)N(c3cccc(F)c3)C(C(=O)NC3CCC(F)(F)CC3)c3ccccc3Cl)CC(F)C2O)c1. The average Bonchev–Trinajstić information content (AvgIpc) is 3.29. The number of amides is 2. The smallest absolute Gasteiger partial charge is 0.248 e. The summed E-state index contributed by atoms with van der Waals surface area (Å²) in [5.41, 5.74) is 0.407. The van der Waals surface area contributed by atoms with Crippen molar-refractivity contribution in [3.63, 3.8) is 0 Å². The van der Waals surface area contributed by atoms with Gasteiger partial charge in [0, 0.05) is 60.2 Å². The Hall–Kier alpha value is -4.21. The van der Waals surface area contributed by atoms with E-state index in [-0.39, 0.29) is 46.9 Å². The van der Waals surface area contributed by atoms with Gasteiger partial charge >= 0.3 is 0 Å². The van der Waals surface area contributed by atoms with Crippen LogP contribution in [0.4, 0.5) is 29.1 Å². The Morgan fingerprint density at radius 3 is 2.58 bits per heavy atom. The first-order valence-electron chi connectivity index (χ1n) is 14.4. The molecule has 2 fully saturated rings. The molecule has 2 heterocycles. The maximum Gasteiger partial charge on any atom is 0.248 e. The molecule has 45 heavy (non-hydrogen) atoms. The predicted octanol–water partition coefficient (Wildman–Crippen LogP) is 5.84. The van der Waals surface area contributed by atoms with Crippen molar-refractivity contribution in [3.05, 3.63) is 88.8 Å². The van der Waals surface area contributed by atoms with Crippen molar-refractivity contribution in [3.8, 4) is 6.07 Å². The number of anilines is 2. The number of nitrogens with one attached hydrogen (secondary N) is 1. The molecule has 1 saturated carbocycles. The summed E-state index contributed by atoms with van der Waals surface area (Å²) in [5.74, 6) is -4.90. The number of hydrogen-bond donors (Lipinski definition) is 2. The highest BCUT2D eigenvalue weighted by Crippen LogP contribution is 2.38. The van der Waals surface area contributed by atoms with Crippen LogP contribution in [0.3, 0.4) is 0 Å². The van der Waals surface area contributed by atoms with Crippen LogP contribution in [0.5, 0.6) is 0 Å². The second-order valence-corrected chi connectivity index (χ2v) is 11.7. The van der Waals surface area contributed by atoms with Crippen molar-refractivity contribution in [1.29, 1.82) is 5.26 Å². The fourth-order valence-electron chi connectivity index (χ4n) is 5.94. The lowest BCUT2D eigenvalue weighted by molar-refractivity contribution is -0.128. The number of aromatic nitrogens is 1. The quantitative estimate of drug-likeness (QED) is 0.299. The second kappa shape index (κ2) is 13.4. The van der Waals surface area contributed by atoms with E-state index in [1.54, 1.807) is 12.1 Å². The minimum Gasteiger partial charge on any atom is -0.370 e. The summed E-state index contributed by atoms with van der Waals surface area (Å²) >= 11 is 6.53. The van der Waals surface area contributed by atoms with E-state index in [0.717, 1.165) is 17.0 Å². The summed E-state index contributed by atoms with van der Waals surface area (Å²) in [5, 5.41) is 22.9. The Morgan fingerprint density at radius 1 is 1.16 bits per heavy atom. The molecule has 8 nitrogen and oxygen atoms in total. The van der Waals surface area contributed by atoms with Gasteiger partial charge in [-0.05, 0) is 49.2 Å². The van der Waals surface area contributed by atoms with Crippen LogP contribution in [0, 0.1) is 17.1 Å². The first-order valence-corrected chi connectivity index (χ1v) is 14.8. The van der Waals surface area contributed by atoms with Gasteiger partial charge in [-0.3, -0.25) is 14.5 Å². The zero-order chi connectivity index (χ0) is 32.3. The number of carbonyl (C=O) groups is 2. The van der Waals surface area contributed by atoms with Crippen molar-refractivity contribution in [1.82, 2.24) is 10.3 Å². The Bertz CT molecular complexity index is 1590. The number of pyridine rings is 1. The maximum atomic E-state index is 14.9. The first kappa shape index (κ1) is 32.2. The normalized spacial score (nSPS) is 22.0. The molecule has 0 spiro atoms. The molecule has 13 heteroatoms. The Morgan fingerprint density at radius 2 is 1.89 bits per heavy atom. The van der Waals surface area contributed by atoms with Crippen molar-refractivity contribution in [2.75, 3.05) is 9.80 Å². The number of nitriles is 1. The highest BCUT2D eigenvalue weighted by atomic mass is 35.5. The van der Waals surface area contributed by atoms with Gasteiger partial charge in [0.15, 0.2) is 6.23 Å². The lowest BCUT2D eigenvalue weighted by atomic mass is 9.91. The maximum absolute atomic E-state index is 14.9. The van der Waals surface area contributed by atoms with E-state index in [4.69, 9.17) is 11.6 Å². The highest BCUT2D eigenvalue weighted by Gasteiger charge is 2.45. The van der Waals surface area contributed by atoms with Gasteiger partial charge in [-0.1, -0.05) is 35.9 Å². The molecule has 5 rings (SSSR count). The molecule has 0 radical (unpaired) electrons. The molecule has 3 aromatic rings. The number of alkyl halides is 3. The van der Waals surface area contributed by atoms with Gasteiger partial charge in [0.25, 0.3) is 0 Å². The van der Waals surface area contributed by atoms with Crippen molar-refractivity contribution < 1.29 is 32.3 Å². The number of carbonyl (C=O) groups excluding carboxylic acids is 2. The standard InChI is InChI=1S/C32H30ClF4N5O3/c33-25-7-2-1-6-24(25)29(30(44)40-21-8-11-32(36,37)12-9-21)42(22-5-3-4-20(34)15-22)28(43)17-23-16-26(35)31(45)41(23)27-14-19(18-38)10-13-39-27/h1-7,10,13-15,21,23,26,29,31,45H,8-9,11-12,16-17H2,(H,40,44). The zero-order valence-corrected chi connectivity index (χ0v) is 24.7. The number of halogens is 5. The van der Waals surface area contributed by atoms with Gasteiger partial charge in [-0.15, -0.1) is 0 Å². The summed E-state index contributed by atoms with van der Waals surface area (Å²) in [4.78, 5) is 34.8. The van der Waals surface area contributed by atoms with Gasteiger partial charge in [0.1, 0.15) is 23.8 Å². The topological polar surface area (TPSA) is 110 Å². The molecule has 1 aromatic heterocycles. The number of aliphatic hydroxyl groups is 1. The molecule has 1 aliphatic carbocycles. The van der Waals surface area contributed by atoms with E-state index >= 15 is 0 Å². The molecule has 2 aliphatic rings. The molecule has 1 saturated heterocycles. The predicted molar refractivity (Wildman–Crippen MR) is 159 cm³/mol. The number of benzene rings is 2. The van der Waals surface area contributed by atoms with Crippen LogP contribution in [-0.2, 0) is 9.59 Å². The van der Waals surface area contributed by atoms with Crippen LogP contribution in [-0.4, -0.2) is 52.3 Å². The Labute approximate surface area is 262 Å². The second-order valence-electron chi connectivity index (χ2n) is 11.3. The highest BCUT2D eigenvalue weighted by molar-refractivity contribution is 6.31. The molecule has 236 valence electrons. The summed E-state index contributed by atoms with van der Waals surface area (Å²) in [6, 6.07) is 13.0. The summed E-state index contributed by atoms with van der Waals surface area (Å²) in [6.07, 6.45) is -3.61. The number of rotatable bonds is 8. The van der Waals surface area contributed by atoms with Crippen LogP contribution in [0.1, 0.15) is 55.7 Å². The van der Waals surface area contributed by atoms with Gasteiger partial charge in [-0.2, -0.15) is 5.26 Å². The van der Waals surface area contributed by atoms with E-state index in [1.165, 1.54) is 47.5 Å². The third-order valence-corrected chi connectivity index (χ3v) is 8.52. The molecule has 2 N–H and O–H groups in total. The lowest BCUT2D eigenvalue weighted by Gasteiger charge is -2.36. The van der Waals surface area contributed by atoms with Crippen LogP contribution >= 0.6 is 11.6 Å². The van der Waals surface area contributed by atoms with Crippen LogP contribution in [0.25, 0.3) is 0 Å². The molecule has 4 unspecified atom stereocenters. The van der Waals surface area contributed by atoms with E-state index < -0.39 is 73.3 Å². The van der Waals surface area contributed by atoms with Gasteiger partial charge in [0.2, 0.25) is 17.7 Å². The molecular weight excluding hydrogens is 614 g/mol. The molecular formula is C32H30ClF4N5O3. The number of hydrogen-bond acceptors (Lipinski definition) is 6. The largest absolute Gasteiger partial charge is 0.370 e. The number of aliphatic hydroxyl groups excluding tert-OH is 1. The summed E-state index contributed by atoms with van der Waals surface area (Å²) in [7, 11) is 0.